The standard InChI is InChI=1S/C13H20FN3O2S/c1-17-8-6-13(10-15,7-9-17)16-20(18,19)12-4-2-11(14)3-5-12/h2-5,16H,6-10,15H2,1H3. The molecule has 0 aliphatic carbocycles. The van der Waals surface area contributed by atoms with Crippen molar-refractivity contribution in [1.29, 1.82) is 0 Å². The third-order valence-electron chi connectivity index (χ3n) is 3.81. The molecule has 2 rings (SSSR count). The molecule has 1 heterocycles. The average molecular weight is 301 g/mol. The van der Waals surface area contributed by atoms with Crippen LogP contribution in [0.1, 0.15) is 12.8 Å². The van der Waals surface area contributed by atoms with Crippen LogP contribution in [0.25, 0.3) is 0 Å². The number of rotatable bonds is 4. The van der Waals surface area contributed by atoms with E-state index >= 15 is 0 Å². The number of hydrogen-bond donors (Lipinski definition) is 2. The molecule has 20 heavy (non-hydrogen) atoms. The van der Waals surface area contributed by atoms with Gasteiger partial charge in [-0.2, -0.15) is 0 Å². The van der Waals surface area contributed by atoms with Crippen molar-refractivity contribution >= 4 is 10.0 Å². The summed E-state index contributed by atoms with van der Waals surface area (Å²) in [4.78, 5) is 2.20. The zero-order valence-electron chi connectivity index (χ0n) is 11.5. The van der Waals surface area contributed by atoms with E-state index in [1.165, 1.54) is 12.1 Å². The van der Waals surface area contributed by atoms with Crippen molar-refractivity contribution in [1.82, 2.24) is 9.62 Å². The number of nitrogens with one attached hydrogen (secondary N) is 1. The van der Waals surface area contributed by atoms with Gasteiger partial charge in [0, 0.05) is 12.1 Å². The van der Waals surface area contributed by atoms with E-state index in [0.717, 1.165) is 25.2 Å². The zero-order chi connectivity index (χ0) is 14.8. The lowest BCUT2D eigenvalue weighted by atomic mass is 9.89. The number of piperidine rings is 1. The van der Waals surface area contributed by atoms with Crippen LogP contribution in [0, 0.1) is 5.82 Å². The molecule has 0 aromatic heterocycles. The fraction of sp³-hybridized carbons (Fsp3) is 0.538. The van der Waals surface area contributed by atoms with Gasteiger partial charge >= 0.3 is 0 Å². The fourth-order valence-corrected chi connectivity index (χ4v) is 3.82. The Morgan fingerprint density at radius 2 is 1.85 bits per heavy atom. The Morgan fingerprint density at radius 3 is 2.35 bits per heavy atom. The molecule has 1 aliphatic rings. The van der Waals surface area contributed by atoms with Gasteiger partial charge in [-0.05, 0) is 57.2 Å². The van der Waals surface area contributed by atoms with Crippen LogP contribution < -0.4 is 10.5 Å². The minimum Gasteiger partial charge on any atom is -0.329 e. The topological polar surface area (TPSA) is 75.4 Å². The Labute approximate surface area is 119 Å². The van der Waals surface area contributed by atoms with E-state index in [4.69, 9.17) is 5.73 Å². The first-order valence-electron chi connectivity index (χ1n) is 6.55. The van der Waals surface area contributed by atoms with Crippen LogP contribution >= 0.6 is 0 Å². The van der Waals surface area contributed by atoms with E-state index < -0.39 is 21.4 Å². The summed E-state index contributed by atoms with van der Waals surface area (Å²) in [5.41, 5.74) is 5.18. The molecule has 1 aromatic carbocycles. The molecule has 3 N–H and O–H groups in total. The van der Waals surface area contributed by atoms with Gasteiger partial charge in [-0.25, -0.2) is 17.5 Å². The molecular formula is C13H20FN3O2S. The Hall–Kier alpha value is -1.02. The van der Waals surface area contributed by atoms with Crippen LogP contribution in [-0.4, -0.2) is 45.5 Å². The smallest absolute Gasteiger partial charge is 0.241 e. The molecule has 7 heteroatoms. The third-order valence-corrected chi connectivity index (χ3v) is 5.40. The first-order chi connectivity index (χ1) is 9.37. The second-order valence-electron chi connectivity index (χ2n) is 5.35. The van der Waals surface area contributed by atoms with Gasteiger partial charge in [0.25, 0.3) is 0 Å². The summed E-state index contributed by atoms with van der Waals surface area (Å²) in [7, 11) is -1.68. The highest BCUT2D eigenvalue weighted by molar-refractivity contribution is 7.89. The highest BCUT2D eigenvalue weighted by Crippen LogP contribution is 2.23. The normalized spacial score (nSPS) is 19.9. The maximum Gasteiger partial charge on any atom is 0.241 e. The fourth-order valence-electron chi connectivity index (χ4n) is 2.35. The molecular weight excluding hydrogens is 281 g/mol. The molecule has 0 unspecified atom stereocenters. The predicted molar refractivity (Wildman–Crippen MR) is 75.2 cm³/mol. The summed E-state index contributed by atoms with van der Waals surface area (Å²) in [5.74, 6) is -0.461. The van der Waals surface area contributed by atoms with Crippen molar-refractivity contribution in [3.63, 3.8) is 0 Å². The van der Waals surface area contributed by atoms with Crippen molar-refractivity contribution in [2.45, 2.75) is 23.3 Å². The third kappa shape index (κ3) is 3.35. The molecule has 5 nitrogen and oxygen atoms in total. The maximum atomic E-state index is 12.9. The Morgan fingerprint density at radius 1 is 1.30 bits per heavy atom. The van der Waals surface area contributed by atoms with Crippen molar-refractivity contribution < 1.29 is 12.8 Å². The lowest BCUT2D eigenvalue weighted by Gasteiger charge is -2.40. The molecule has 0 spiro atoms. The van der Waals surface area contributed by atoms with Crippen LogP contribution in [-0.2, 0) is 10.0 Å². The minimum absolute atomic E-state index is 0.0608. The van der Waals surface area contributed by atoms with Gasteiger partial charge in [-0.15, -0.1) is 0 Å². The molecule has 0 saturated carbocycles. The SMILES string of the molecule is CN1CCC(CN)(NS(=O)(=O)c2ccc(F)cc2)CC1. The Kier molecular flexibility index (Phi) is 4.43. The van der Waals surface area contributed by atoms with Crippen molar-refractivity contribution in [2.75, 3.05) is 26.7 Å². The van der Waals surface area contributed by atoms with E-state index in [2.05, 4.69) is 9.62 Å². The largest absolute Gasteiger partial charge is 0.329 e. The molecule has 1 aromatic rings. The number of nitrogens with two attached hydrogens (primary N) is 1. The summed E-state index contributed by atoms with van der Waals surface area (Å²) in [6.07, 6.45) is 1.33. The number of nitrogens with zero attached hydrogens (tertiary/aromatic N) is 1. The predicted octanol–water partition coefficient (Wildman–Crippen LogP) is 0.527. The van der Waals surface area contributed by atoms with Crippen LogP contribution in [0.2, 0.25) is 0 Å². The summed E-state index contributed by atoms with van der Waals surface area (Å²) >= 11 is 0. The van der Waals surface area contributed by atoms with E-state index in [-0.39, 0.29) is 11.4 Å². The van der Waals surface area contributed by atoms with Crippen LogP contribution in [0.4, 0.5) is 4.39 Å². The summed E-state index contributed by atoms with van der Waals surface area (Å²) in [5, 5.41) is 0. The van der Waals surface area contributed by atoms with E-state index in [9.17, 15) is 12.8 Å². The highest BCUT2D eigenvalue weighted by Gasteiger charge is 2.36. The van der Waals surface area contributed by atoms with Gasteiger partial charge in [0.1, 0.15) is 5.82 Å². The van der Waals surface area contributed by atoms with Gasteiger partial charge in [0.15, 0.2) is 0 Å². The number of hydrogen-bond acceptors (Lipinski definition) is 4. The summed E-state index contributed by atoms with van der Waals surface area (Å²) < 4.78 is 40.3. The molecule has 0 atom stereocenters. The second kappa shape index (κ2) is 5.77. The van der Waals surface area contributed by atoms with Crippen molar-refractivity contribution in [3.8, 4) is 0 Å². The number of benzene rings is 1. The monoisotopic (exact) mass is 301 g/mol. The maximum absolute atomic E-state index is 12.9. The van der Waals surface area contributed by atoms with Crippen LogP contribution in [0.3, 0.4) is 0 Å². The molecule has 1 fully saturated rings. The quantitative estimate of drug-likeness (QED) is 0.850. The zero-order valence-corrected chi connectivity index (χ0v) is 12.3. The first kappa shape index (κ1) is 15.4. The average Bonchev–Trinajstić information content (AvgIpc) is 2.42. The molecule has 1 aliphatic heterocycles. The lowest BCUT2D eigenvalue weighted by molar-refractivity contribution is 0.182. The molecule has 0 bridgehead atoms. The second-order valence-corrected chi connectivity index (χ2v) is 7.03. The van der Waals surface area contributed by atoms with Gasteiger partial charge in [-0.3, -0.25) is 0 Å². The van der Waals surface area contributed by atoms with E-state index in [1.807, 2.05) is 7.05 Å². The molecule has 0 amide bonds. The number of likely N-dealkylation sites (tertiary alicyclic amines) is 1. The van der Waals surface area contributed by atoms with Gasteiger partial charge in [-0.1, -0.05) is 0 Å². The van der Waals surface area contributed by atoms with Crippen molar-refractivity contribution in [3.05, 3.63) is 30.1 Å². The van der Waals surface area contributed by atoms with E-state index in [1.54, 1.807) is 0 Å². The molecule has 0 radical (unpaired) electrons. The molecule has 112 valence electrons. The van der Waals surface area contributed by atoms with Gasteiger partial charge < -0.3 is 10.6 Å². The Bertz CT molecular complexity index is 551. The van der Waals surface area contributed by atoms with Crippen LogP contribution in [0.5, 0.6) is 0 Å². The lowest BCUT2D eigenvalue weighted by Crippen LogP contribution is -2.58. The minimum atomic E-state index is -3.68. The first-order valence-corrected chi connectivity index (χ1v) is 8.03. The van der Waals surface area contributed by atoms with E-state index in [0.29, 0.717) is 12.8 Å². The van der Waals surface area contributed by atoms with Gasteiger partial charge in [0.05, 0.1) is 4.90 Å². The summed E-state index contributed by atoms with van der Waals surface area (Å²) in [6.45, 7) is 1.84. The van der Waals surface area contributed by atoms with Crippen molar-refractivity contribution in [2.24, 2.45) is 5.73 Å². The number of halogens is 1. The van der Waals surface area contributed by atoms with Gasteiger partial charge in [0.2, 0.25) is 10.0 Å². The highest BCUT2D eigenvalue weighted by atomic mass is 32.2. The molecule has 1 saturated heterocycles. The summed E-state index contributed by atoms with van der Waals surface area (Å²) in [6, 6.07) is 4.80. The number of sulfonamides is 1. The Balaban J connectivity index is 2.20. The van der Waals surface area contributed by atoms with Crippen LogP contribution in [0.15, 0.2) is 29.2 Å².